The van der Waals surface area contributed by atoms with E-state index in [1.54, 1.807) is 0 Å². The van der Waals surface area contributed by atoms with Crippen molar-refractivity contribution in [3.05, 3.63) is 146 Å². The molecule has 0 spiro atoms. The van der Waals surface area contributed by atoms with Crippen LogP contribution in [0.15, 0.2) is 146 Å². The van der Waals surface area contributed by atoms with Crippen molar-refractivity contribution in [3.63, 3.8) is 0 Å². The highest BCUT2D eigenvalue weighted by molar-refractivity contribution is 7.47. The maximum absolute atomic E-state index is 12.9. The molecule has 0 rings (SSSR count). The van der Waals surface area contributed by atoms with Crippen LogP contribution in [0.25, 0.3) is 0 Å². The maximum Gasteiger partial charge on any atom is 0.472 e. The molecule has 0 saturated heterocycles. The molecule has 1 N–H and O–H groups in total. The second-order valence-electron chi connectivity index (χ2n) is 25.9. The Hall–Kier alpha value is -4.11. The summed E-state index contributed by atoms with van der Waals surface area (Å²) in [6.07, 6.45) is 105. The Labute approximate surface area is 567 Å². The molecule has 9 nitrogen and oxygen atoms in total. The molecule has 0 aromatic carbocycles. The third-order valence-electron chi connectivity index (χ3n) is 15.9. The molecule has 0 aliphatic carbocycles. The summed E-state index contributed by atoms with van der Waals surface area (Å²) in [6.45, 7) is 4.28. The van der Waals surface area contributed by atoms with Crippen LogP contribution in [0.5, 0.6) is 0 Å². The molecule has 0 amide bonds. The summed E-state index contributed by atoms with van der Waals surface area (Å²) in [5, 5.41) is 0. The monoisotopic (exact) mass is 1300 g/mol. The van der Waals surface area contributed by atoms with E-state index in [0.717, 1.165) is 109 Å². The van der Waals surface area contributed by atoms with E-state index < -0.39 is 26.5 Å². The van der Waals surface area contributed by atoms with Crippen LogP contribution in [0.3, 0.4) is 0 Å². The first kappa shape index (κ1) is 87.9. The minimum Gasteiger partial charge on any atom is -0.462 e. The van der Waals surface area contributed by atoms with E-state index in [-0.39, 0.29) is 32.0 Å². The Bertz CT molecular complexity index is 2070. The average Bonchev–Trinajstić information content (AvgIpc) is 2.14. The number of quaternary nitrogens is 1. The van der Waals surface area contributed by atoms with Crippen LogP contribution in [-0.2, 0) is 32.7 Å². The van der Waals surface area contributed by atoms with Gasteiger partial charge in [0, 0.05) is 12.8 Å². The van der Waals surface area contributed by atoms with Crippen LogP contribution in [0.4, 0.5) is 0 Å². The van der Waals surface area contributed by atoms with Crippen molar-refractivity contribution in [2.75, 3.05) is 47.5 Å². The van der Waals surface area contributed by atoms with Gasteiger partial charge in [0.15, 0.2) is 6.10 Å². The molecule has 0 bridgehead atoms. The Balaban J connectivity index is 4.08. The van der Waals surface area contributed by atoms with Gasteiger partial charge in [-0.25, -0.2) is 4.57 Å². The Morgan fingerprint density at radius 1 is 0.348 bits per heavy atom. The minimum absolute atomic E-state index is 0.0185. The van der Waals surface area contributed by atoms with Crippen LogP contribution < -0.4 is 0 Å². The number of phosphoric acid groups is 1. The first-order chi connectivity index (χ1) is 45.0. The highest BCUT2D eigenvalue weighted by atomic mass is 31.2. The third-order valence-corrected chi connectivity index (χ3v) is 16.8. The second kappa shape index (κ2) is 71.2. The number of allylic oxidation sites excluding steroid dienone is 24. The SMILES string of the molecule is CC/C=C\C/C=C\C/C=C\C/C=C\C/C=C\C/C=C\C/C=C\C/C=C\C/C=C\CCCCCC(=O)OC(COC(=O)CCCCCCCCCCCCCCCCCCCCCCCC/C=C\C/C=C\C/C=C\CCCCCCC)COP(=O)(O)OCC[N+](C)(C)C. The summed E-state index contributed by atoms with van der Waals surface area (Å²) in [7, 11) is 1.44. The van der Waals surface area contributed by atoms with Gasteiger partial charge in [-0.3, -0.25) is 18.6 Å². The van der Waals surface area contributed by atoms with Gasteiger partial charge in [-0.2, -0.15) is 0 Å². The lowest BCUT2D eigenvalue weighted by Crippen LogP contribution is -2.37. The molecule has 0 fully saturated rings. The molecule has 0 aliphatic rings. The fraction of sp³-hybridized carbons (Fsp3) is 0.683. The first-order valence-electron chi connectivity index (χ1n) is 37.6. The number of phosphoric ester groups is 1. The largest absolute Gasteiger partial charge is 0.472 e. The van der Waals surface area contributed by atoms with Crippen LogP contribution in [0.2, 0.25) is 0 Å². The summed E-state index contributed by atoms with van der Waals surface area (Å²) >= 11 is 0. The smallest absolute Gasteiger partial charge is 0.462 e. The summed E-state index contributed by atoms with van der Waals surface area (Å²) in [5.74, 6) is -0.836. The van der Waals surface area contributed by atoms with Crippen molar-refractivity contribution >= 4 is 19.8 Å². The third kappa shape index (κ3) is 74.9. The predicted octanol–water partition coefficient (Wildman–Crippen LogP) is 24.9. The molecule has 2 unspecified atom stereocenters. The molecule has 526 valence electrons. The first-order valence-corrected chi connectivity index (χ1v) is 39.1. The van der Waals surface area contributed by atoms with E-state index in [1.807, 2.05) is 21.1 Å². The highest BCUT2D eigenvalue weighted by Gasteiger charge is 2.27. The Morgan fingerprint density at radius 2 is 0.620 bits per heavy atom. The van der Waals surface area contributed by atoms with Crippen molar-refractivity contribution in [3.8, 4) is 0 Å². The molecular formula is C82H141NO8P+. The summed E-state index contributed by atoms with van der Waals surface area (Å²) < 4.78 is 34.7. The van der Waals surface area contributed by atoms with Gasteiger partial charge in [0.05, 0.1) is 27.7 Å². The van der Waals surface area contributed by atoms with Crippen LogP contribution in [0.1, 0.15) is 309 Å². The van der Waals surface area contributed by atoms with E-state index >= 15 is 0 Å². The van der Waals surface area contributed by atoms with E-state index in [0.29, 0.717) is 17.4 Å². The highest BCUT2D eigenvalue weighted by Crippen LogP contribution is 2.43. The zero-order valence-electron chi connectivity index (χ0n) is 60.0. The van der Waals surface area contributed by atoms with Crippen molar-refractivity contribution < 1.29 is 42.1 Å². The van der Waals surface area contributed by atoms with Crippen LogP contribution >= 0.6 is 7.82 Å². The molecular weight excluding hydrogens is 1160 g/mol. The molecule has 92 heavy (non-hydrogen) atoms. The van der Waals surface area contributed by atoms with Gasteiger partial charge < -0.3 is 18.9 Å². The zero-order valence-corrected chi connectivity index (χ0v) is 60.9. The van der Waals surface area contributed by atoms with Crippen LogP contribution in [0, 0.1) is 0 Å². The number of likely N-dealkylation sites (N-methyl/N-ethyl adjacent to an activating group) is 1. The number of carbonyl (C=O) groups excluding carboxylic acids is 2. The molecule has 0 aromatic heterocycles. The van der Waals surface area contributed by atoms with Gasteiger partial charge in [-0.05, 0) is 122 Å². The average molecular weight is 1300 g/mol. The normalized spacial score (nSPS) is 13.9. The van der Waals surface area contributed by atoms with E-state index in [9.17, 15) is 19.0 Å². The molecule has 0 aromatic rings. The summed E-state index contributed by atoms with van der Waals surface area (Å²) in [5.41, 5.74) is 0. The number of hydrogen-bond donors (Lipinski definition) is 1. The summed E-state index contributed by atoms with van der Waals surface area (Å²) in [4.78, 5) is 35.9. The van der Waals surface area contributed by atoms with Crippen molar-refractivity contribution in [1.29, 1.82) is 0 Å². The minimum atomic E-state index is -4.41. The van der Waals surface area contributed by atoms with Crippen LogP contribution in [-0.4, -0.2) is 74.9 Å². The molecule has 10 heteroatoms. The van der Waals surface area contributed by atoms with Gasteiger partial charge in [0.2, 0.25) is 0 Å². The molecule has 0 heterocycles. The topological polar surface area (TPSA) is 108 Å². The number of ether oxygens (including phenoxy) is 2. The standard InChI is InChI=1S/C82H140NO8P/c1-6-8-10-12-14-16-18-20-22-24-26-28-30-32-34-36-38-39-40-41-42-43-45-46-48-50-52-54-56-58-60-62-64-66-68-70-72-74-81(84)88-78-80(79-90-92(86,87)89-77-76-83(3,4)5)91-82(85)75-73-71-69-67-65-63-61-59-57-55-53-51-49-47-44-37-35-33-31-29-27-25-23-21-19-17-15-13-11-9-7-2/h9,11,15,17-18,20-21,23-24,26-27,29-30,32-33,35,44,47,51,53,57,59,63,65,80H,6-8,10,12-14,16,19,22,25,28,31,34,36-43,45-46,48-50,52,54-56,58,60-62,64,66-79H2,1-5H3/p+1/b11-9-,17-15-,20-18-,23-21-,26-24-,29-27-,32-30-,35-33-,47-44-,53-51-,59-57-,65-63-. The number of unbranched alkanes of at least 4 members (excludes halogenated alkanes) is 30. The van der Waals surface area contributed by atoms with Gasteiger partial charge in [-0.1, -0.05) is 320 Å². The van der Waals surface area contributed by atoms with Gasteiger partial charge >= 0.3 is 19.8 Å². The van der Waals surface area contributed by atoms with Gasteiger partial charge in [0.1, 0.15) is 19.8 Å². The quantitative estimate of drug-likeness (QED) is 0.0211. The summed E-state index contributed by atoms with van der Waals surface area (Å²) in [6, 6.07) is 0. The fourth-order valence-electron chi connectivity index (χ4n) is 10.1. The van der Waals surface area contributed by atoms with E-state index in [4.69, 9.17) is 18.5 Å². The number of rotatable bonds is 68. The lowest BCUT2D eigenvalue weighted by molar-refractivity contribution is -0.870. The molecule has 0 saturated carbocycles. The lowest BCUT2D eigenvalue weighted by Gasteiger charge is -2.24. The fourth-order valence-corrected chi connectivity index (χ4v) is 10.9. The van der Waals surface area contributed by atoms with Crippen molar-refractivity contribution in [2.45, 2.75) is 315 Å². The van der Waals surface area contributed by atoms with Gasteiger partial charge in [-0.15, -0.1) is 0 Å². The van der Waals surface area contributed by atoms with Crippen molar-refractivity contribution in [1.82, 2.24) is 0 Å². The zero-order chi connectivity index (χ0) is 66.9. The van der Waals surface area contributed by atoms with Crippen molar-refractivity contribution in [2.24, 2.45) is 0 Å². The Kier molecular flexibility index (Phi) is 68.0. The number of hydrogen-bond acceptors (Lipinski definition) is 7. The van der Waals surface area contributed by atoms with Gasteiger partial charge in [0.25, 0.3) is 0 Å². The number of esters is 2. The van der Waals surface area contributed by atoms with E-state index in [2.05, 4.69) is 160 Å². The molecule has 0 radical (unpaired) electrons. The lowest BCUT2D eigenvalue weighted by atomic mass is 10.0. The maximum atomic E-state index is 12.9. The second-order valence-corrected chi connectivity index (χ2v) is 27.4. The van der Waals surface area contributed by atoms with E-state index in [1.165, 1.54) is 167 Å². The number of nitrogens with zero attached hydrogens (tertiary/aromatic N) is 1. The number of carbonyl (C=O) groups is 2. The molecule has 2 atom stereocenters. The predicted molar refractivity (Wildman–Crippen MR) is 399 cm³/mol. The Morgan fingerprint density at radius 3 is 0.935 bits per heavy atom. The molecule has 0 aliphatic heterocycles.